The molecule has 0 saturated carbocycles. The van der Waals surface area contributed by atoms with Gasteiger partial charge in [0, 0.05) is 6.04 Å². The molecule has 78 valence electrons. The zero-order valence-electron chi connectivity index (χ0n) is 7.73. The van der Waals surface area contributed by atoms with Gasteiger partial charge >= 0.3 is 5.97 Å². The van der Waals surface area contributed by atoms with Crippen molar-refractivity contribution in [1.29, 1.82) is 0 Å². The Balaban J connectivity index is 2.72. The van der Waals surface area contributed by atoms with Gasteiger partial charge in [0.25, 0.3) is 0 Å². The van der Waals surface area contributed by atoms with Crippen LogP contribution in [0, 0.1) is 0 Å². The Morgan fingerprint density at radius 2 is 2.43 bits per heavy atom. The third kappa shape index (κ3) is 2.45. The van der Waals surface area contributed by atoms with Gasteiger partial charge in [-0.15, -0.1) is 0 Å². The predicted octanol–water partition coefficient (Wildman–Crippen LogP) is 1.10. The van der Waals surface area contributed by atoms with Crippen molar-refractivity contribution in [3.8, 4) is 0 Å². The van der Waals surface area contributed by atoms with Gasteiger partial charge < -0.3 is 5.11 Å². The van der Waals surface area contributed by atoms with Crippen LogP contribution in [0.1, 0.15) is 19.8 Å². The van der Waals surface area contributed by atoms with Crippen LogP contribution < -0.4 is 0 Å². The molecule has 1 atom stereocenters. The van der Waals surface area contributed by atoms with E-state index in [9.17, 15) is 9.59 Å². The highest BCUT2D eigenvalue weighted by Gasteiger charge is 2.33. The molecule has 1 amide bonds. The summed E-state index contributed by atoms with van der Waals surface area (Å²) in [5.74, 6) is -0.632. The van der Waals surface area contributed by atoms with Gasteiger partial charge in [0.2, 0.25) is 5.91 Å². The highest BCUT2D eigenvalue weighted by atomic mass is 32.2. The summed E-state index contributed by atoms with van der Waals surface area (Å²) >= 11 is 6.29. The molecule has 1 N–H and O–H groups in total. The molecule has 4 nitrogen and oxygen atoms in total. The fraction of sp³-hybridized carbons (Fsp3) is 0.625. The molecule has 1 saturated heterocycles. The second-order valence-electron chi connectivity index (χ2n) is 2.98. The lowest BCUT2D eigenvalue weighted by atomic mass is 10.1. The third-order valence-electron chi connectivity index (χ3n) is 2.03. The number of carbonyl (C=O) groups is 2. The first-order valence-corrected chi connectivity index (χ1v) is 5.66. The van der Waals surface area contributed by atoms with Crippen LogP contribution in [0.25, 0.3) is 0 Å². The second kappa shape index (κ2) is 4.75. The Labute approximate surface area is 91.6 Å². The van der Waals surface area contributed by atoms with Crippen molar-refractivity contribution in [1.82, 2.24) is 4.90 Å². The van der Waals surface area contributed by atoms with Crippen LogP contribution in [0.4, 0.5) is 0 Å². The minimum atomic E-state index is -0.899. The summed E-state index contributed by atoms with van der Waals surface area (Å²) in [7, 11) is 0. The van der Waals surface area contributed by atoms with Gasteiger partial charge in [-0.25, -0.2) is 0 Å². The molecule has 0 aromatic rings. The van der Waals surface area contributed by atoms with Gasteiger partial charge in [-0.3, -0.25) is 14.5 Å². The number of carboxylic acid groups (broad SMARTS) is 1. The second-order valence-corrected chi connectivity index (χ2v) is 4.59. The number of carboxylic acids is 1. The summed E-state index contributed by atoms with van der Waals surface area (Å²) in [4.78, 5) is 23.4. The molecular weight excluding hydrogens is 222 g/mol. The maximum absolute atomic E-state index is 11.4. The number of nitrogens with zero attached hydrogens (tertiary/aromatic N) is 1. The Morgan fingerprint density at radius 1 is 1.79 bits per heavy atom. The molecule has 1 rings (SSSR count). The summed E-state index contributed by atoms with van der Waals surface area (Å²) in [6.45, 7) is 1.85. The monoisotopic (exact) mass is 233 g/mol. The molecular formula is C8H11NO3S2. The number of hydrogen-bond donors (Lipinski definition) is 1. The molecule has 6 heteroatoms. The topological polar surface area (TPSA) is 57.6 Å². The van der Waals surface area contributed by atoms with Crippen LogP contribution in [-0.2, 0) is 9.59 Å². The molecule has 1 aliphatic rings. The van der Waals surface area contributed by atoms with E-state index in [1.165, 1.54) is 16.7 Å². The Morgan fingerprint density at radius 3 is 2.79 bits per heavy atom. The van der Waals surface area contributed by atoms with Crippen molar-refractivity contribution in [2.75, 3.05) is 5.75 Å². The van der Waals surface area contributed by atoms with Crippen LogP contribution >= 0.6 is 24.0 Å². The maximum Gasteiger partial charge on any atom is 0.305 e. The van der Waals surface area contributed by atoms with Crippen LogP contribution in [0.15, 0.2) is 0 Å². The third-order valence-corrected chi connectivity index (χ3v) is 3.42. The van der Waals surface area contributed by atoms with E-state index in [1.807, 2.05) is 6.92 Å². The summed E-state index contributed by atoms with van der Waals surface area (Å²) in [6.07, 6.45) is 0.571. The van der Waals surface area contributed by atoms with Crippen molar-refractivity contribution in [2.24, 2.45) is 0 Å². The van der Waals surface area contributed by atoms with E-state index in [0.29, 0.717) is 16.5 Å². The van der Waals surface area contributed by atoms with Crippen molar-refractivity contribution in [2.45, 2.75) is 25.8 Å². The van der Waals surface area contributed by atoms with Gasteiger partial charge in [0.1, 0.15) is 4.32 Å². The number of thioether (sulfide) groups is 1. The zero-order chi connectivity index (χ0) is 10.7. The highest BCUT2D eigenvalue weighted by Crippen LogP contribution is 2.24. The van der Waals surface area contributed by atoms with Gasteiger partial charge in [0.05, 0.1) is 12.2 Å². The predicted molar refractivity (Wildman–Crippen MR) is 58.2 cm³/mol. The van der Waals surface area contributed by atoms with E-state index < -0.39 is 5.97 Å². The summed E-state index contributed by atoms with van der Waals surface area (Å²) in [5, 5.41) is 8.66. The molecule has 0 aliphatic carbocycles. The van der Waals surface area contributed by atoms with Crippen LogP contribution in [0.3, 0.4) is 0 Å². The first-order valence-electron chi connectivity index (χ1n) is 4.26. The smallest absolute Gasteiger partial charge is 0.305 e. The van der Waals surface area contributed by atoms with Crippen LogP contribution in [0.5, 0.6) is 0 Å². The van der Waals surface area contributed by atoms with Gasteiger partial charge in [0.15, 0.2) is 0 Å². The molecule has 0 bridgehead atoms. The number of thiocarbonyl (C=S) groups is 1. The lowest BCUT2D eigenvalue weighted by Crippen LogP contribution is -2.39. The van der Waals surface area contributed by atoms with Gasteiger partial charge in [-0.05, 0) is 6.42 Å². The summed E-state index contributed by atoms with van der Waals surface area (Å²) in [6, 6.07) is -0.289. The van der Waals surface area contributed by atoms with Crippen LogP contribution in [-0.4, -0.2) is 38.0 Å². The van der Waals surface area contributed by atoms with Crippen LogP contribution in [0.2, 0.25) is 0 Å². The standard InChI is InChI=1S/C8H11NO3S2/c1-2-5(3-7(11)12)9-6(10)4-14-8(9)13/h5H,2-4H2,1H3,(H,11,12). The molecule has 0 radical (unpaired) electrons. The number of hydrogen-bond acceptors (Lipinski definition) is 4. The van der Waals surface area contributed by atoms with Crippen molar-refractivity contribution in [3.63, 3.8) is 0 Å². The number of rotatable bonds is 4. The van der Waals surface area contributed by atoms with Gasteiger partial charge in [-0.2, -0.15) is 0 Å². The minimum Gasteiger partial charge on any atom is -0.481 e. The normalized spacial score (nSPS) is 18.8. The molecule has 1 heterocycles. The SMILES string of the molecule is CCC(CC(=O)O)N1C(=O)CSC1=S. The Bertz CT molecular complexity index is 264. The molecule has 14 heavy (non-hydrogen) atoms. The Kier molecular flexibility index (Phi) is 3.88. The minimum absolute atomic E-state index is 0.0388. The lowest BCUT2D eigenvalue weighted by Gasteiger charge is -2.24. The van der Waals surface area contributed by atoms with E-state index in [4.69, 9.17) is 17.3 Å². The lowest BCUT2D eigenvalue weighted by molar-refractivity contribution is -0.138. The van der Waals surface area contributed by atoms with Crippen molar-refractivity contribution in [3.05, 3.63) is 0 Å². The molecule has 1 fully saturated rings. The van der Waals surface area contributed by atoms with E-state index >= 15 is 0 Å². The van der Waals surface area contributed by atoms with E-state index in [0.717, 1.165) is 0 Å². The highest BCUT2D eigenvalue weighted by molar-refractivity contribution is 8.23. The molecule has 1 aliphatic heterocycles. The fourth-order valence-corrected chi connectivity index (χ4v) is 2.54. The Hall–Kier alpha value is -0.620. The number of amides is 1. The summed E-state index contributed by atoms with van der Waals surface area (Å²) in [5.41, 5.74) is 0. The fourth-order valence-electron chi connectivity index (χ4n) is 1.34. The van der Waals surface area contributed by atoms with E-state index in [2.05, 4.69) is 0 Å². The zero-order valence-corrected chi connectivity index (χ0v) is 9.36. The van der Waals surface area contributed by atoms with E-state index in [1.54, 1.807) is 0 Å². The molecule has 0 aromatic heterocycles. The molecule has 0 aromatic carbocycles. The van der Waals surface area contributed by atoms with Gasteiger partial charge in [-0.1, -0.05) is 30.9 Å². The first-order chi connectivity index (χ1) is 6.56. The average Bonchev–Trinajstić information content (AvgIpc) is 2.43. The average molecular weight is 233 g/mol. The number of aliphatic carboxylic acids is 1. The largest absolute Gasteiger partial charge is 0.481 e. The van der Waals surface area contributed by atoms with Crippen molar-refractivity contribution < 1.29 is 14.7 Å². The molecule has 0 spiro atoms. The quantitative estimate of drug-likeness (QED) is 0.737. The van der Waals surface area contributed by atoms with E-state index in [-0.39, 0.29) is 18.4 Å². The first kappa shape index (κ1) is 11.5. The van der Waals surface area contributed by atoms with Crippen molar-refractivity contribution >= 4 is 40.2 Å². The summed E-state index contributed by atoms with van der Waals surface area (Å²) < 4.78 is 0.503. The molecule has 1 unspecified atom stereocenters. The maximum atomic E-state index is 11.4. The number of carbonyl (C=O) groups excluding carboxylic acids is 1.